The quantitative estimate of drug-likeness (QED) is 0.854. The number of carbonyl (C=O) groups excluding carboxylic acids is 1. The van der Waals surface area contributed by atoms with Crippen LogP contribution in [-0.4, -0.2) is 15.9 Å². The number of aromatic nitrogens is 2. The Morgan fingerprint density at radius 2 is 2.04 bits per heavy atom. The molecule has 2 aliphatic carbocycles. The fourth-order valence-electron chi connectivity index (χ4n) is 4.46. The van der Waals surface area contributed by atoms with Crippen LogP contribution < -0.4 is 0 Å². The second-order valence-corrected chi connectivity index (χ2v) is 7.75. The zero-order valence-electron chi connectivity index (χ0n) is 13.3. The van der Waals surface area contributed by atoms with Crippen LogP contribution in [0, 0.1) is 11.3 Å². The summed E-state index contributed by atoms with van der Waals surface area (Å²) in [5.41, 5.74) is 0.386. The highest BCUT2D eigenvalue weighted by atomic mass is 35.5. The van der Waals surface area contributed by atoms with Crippen molar-refractivity contribution in [1.82, 2.24) is 10.1 Å². The highest BCUT2D eigenvalue weighted by molar-refractivity contribution is 6.30. The van der Waals surface area contributed by atoms with Crippen molar-refractivity contribution in [1.29, 1.82) is 0 Å². The summed E-state index contributed by atoms with van der Waals surface area (Å²) < 4.78 is 5.56. The first-order valence-electron chi connectivity index (χ1n) is 8.04. The van der Waals surface area contributed by atoms with Crippen LogP contribution in [0.15, 0.2) is 28.8 Å². The molecule has 5 heteroatoms. The summed E-state index contributed by atoms with van der Waals surface area (Å²) >= 11 is 5.91. The van der Waals surface area contributed by atoms with E-state index in [1.165, 1.54) is 0 Å². The van der Waals surface area contributed by atoms with Gasteiger partial charge < -0.3 is 4.52 Å². The summed E-state index contributed by atoms with van der Waals surface area (Å²) in [5.74, 6) is 1.83. The van der Waals surface area contributed by atoms with Crippen molar-refractivity contribution in [2.24, 2.45) is 11.3 Å². The Bertz CT molecular complexity index is 766. The number of hydrogen-bond acceptors (Lipinski definition) is 4. The molecule has 1 aromatic carbocycles. The van der Waals surface area contributed by atoms with E-state index in [9.17, 15) is 4.79 Å². The molecule has 0 aliphatic heterocycles. The number of hydrogen-bond donors (Lipinski definition) is 0. The third-order valence-electron chi connectivity index (χ3n) is 6.00. The molecule has 0 unspecified atom stereocenters. The number of rotatable bonds is 3. The number of benzene rings is 1. The molecule has 4 rings (SSSR count). The molecule has 0 saturated heterocycles. The third kappa shape index (κ3) is 2.01. The zero-order chi connectivity index (χ0) is 16.2. The minimum absolute atomic E-state index is 0.103. The van der Waals surface area contributed by atoms with E-state index in [1.54, 1.807) is 0 Å². The lowest BCUT2D eigenvalue weighted by atomic mass is 9.69. The maximum atomic E-state index is 12.6. The standard InChI is InChI=1S/C18H19ClN2O2/c1-17(2)12-7-8-18(17,14(22)10-12)16-20-15(21-23-16)9-11-3-5-13(19)6-4-11/h3-6,12H,7-10H2,1-2H3/t12-,18+/m1/s1. The first kappa shape index (κ1) is 14.9. The molecule has 2 saturated carbocycles. The topological polar surface area (TPSA) is 56.0 Å². The smallest absolute Gasteiger partial charge is 0.240 e. The number of carbonyl (C=O) groups is 1. The van der Waals surface area contributed by atoms with Crippen LogP contribution in [0.25, 0.3) is 0 Å². The molecule has 120 valence electrons. The molecule has 2 fully saturated rings. The SMILES string of the molecule is CC1(C)[C@@H]2CC[C@@]1(c1nc(Cc3ccc(Cl)cc3)no1)C(=O)C2. The molecular formula is C18H19ClN2O2. The van der Waals surface area contributed by atoms with Gasteiger partial charge in [0.1, 0.15) is 11.2 Å². The molecule has 1 heterocycles. The Morgan fingerprint density at radius 3 is 2.65 bits per heavy atom. The van der Waals surface area contributed by atoms with Gasteiger partial charge in [-0.1, -0.05) is 42.7 Å². The lowest BCUT2D eigenvalue weighted by Gasteiger charge is -2.32. The molecule has 0 radical (unpaired) electrons. The average Bonchev–Trinajstić information content (AvgIpc) is 3.12. The molecule has 2 aliphatic rings. The lowest BCUT2D eigenvalue weighted by molar-refractivity contribution is -0.125. The van der Waals surface area contributed by atoms with Crippen LogP contribution in [0.1, 0.15) is 50.4 Å². The maximum Gasteiger partial charge on any atom is 0.240 e. The highest BCUT2D eigenvalue weighted by Gasteiger charge is 2.67. The highest BCUT2D eigenvalue weighted by Crippen LogP contribution is 2.64. The van der Waals surface area contributed by atoms with Gasteiger partial charge in [-0.2, -0.15) is 4.98 Å². The summed E-state index contributed by atoms with van der Waals surface area (Å²) in [4.78, 5) is 17.2. The van der Waals surface area contributed by atoms with Gasteiger partial charge >= 0.3 is 0 Å². The summed E-state index contributed by atoms with van der Waals surface area (Å²) in [6.07, 6.45) is 3.11. The van der Waals surface area contributed by atoms with Crippen LogP contribution in [0.4, 0.5) is 0 Å². The fraction of sp³-hybridized carbons (Fsp3) is 0.500. The Labute approximate surface area is 140 Å². The van der Waals surface area contributed by atoms with E-state index in [0.717, 1.165) is 18.4 Å². The Hall–Kier alpha value is -1.68. The lowest BCUT2D eigenvalue weighted by Crippen LogP contribution is -2.40. The molecule has 0 amide bonds. The molecule has 0 N–H and O–H groups in total. The molecule has 2 bridgehead atoms. The maximum absolute atomic E-state index is 12.6. The van der Waals surface area contributed by atoms with Crippen LogP contribution in [0.3, 0.4) is 0 Å². The zero-order valence-corrected chi connectivity index (χ0v) is 14.1. The number of fused-ring (bicyclic) bond motifs is 2. The second kappa shape index (κ2) is 4.91. The first-order valence-corrected chi connectivity index (χ1v) is 8.42. The van der Waals surface area contributed by atoms with Gasteiger partial charge in [0, 0.05) is 17.9 Å². The van der Waals surface area contributed by atoms with E-state index in [2.05, 4.69) is 24.0 Å². The first-order chi connectivity index (χ1) is 10.9. The van der Waals surface area contributed by atoms with Crippen LogP contribution in [0.2, 0.25) is 5.02 Å². The molecule has 23 heavy (non-hydrogen) atoms. The number of Topliss-reactive ketones (excluding diaryl/α,β-unsaturated/α-hetero) is 1. The van der Waals surface area contributed by atoms with Gasteiger partial charge in [-0.15, -0.1) is 0 Å². The van der Waals surface area contributed by atoms with Crippen molar-refractivity contribution in [2.45, 2.75) is 44.9 Å². The Balaban J connectivity index is 1.65. The average molecular weight is 331 g/mol. The molecular weight excluding hydrogens is 312 g/mol. The summed E-state index contributed by atoms with van der Waals surface area (Å²) in [7, 11) is 0. The third-order valence-corrected chi connectivity index (χ3v) is 6.26. The van der Waals surface area contributed by atoms with Gasteiger partial charge in [-0.25, -0.2) is 0 Å². The van der Waals surface area contributed by atoms with Gasteiger partial charge in [0.25, 0.3) is 0 Å². The number of nitrogens with zero attached hydrogens (tertiary/aromatic N) is 2. The van der Waals surface area contributed by atoms with Crippen molar-refractivity contribution in [3.05, 3.63) is 46.6 Å². The van der Waals surface area contributed by atoms with Crippen LogP contribution in [0.5, 0.6) is 0 Å². The summed E-state index contributed by atoms with van der Waals surface area (Å²) in [5, 5.41) is 4.82. The van der Waals surface area contributed by atoms with Gasteiger partial charge in [-0.05, 0) is 41.9 Å². The number of ketones is 1. The van der Waals surface area contributed by atoms with Gasteiger partial charge in [0.15, 0.2) is 5.82 Å². The van der Waals surface area contributed by atoms with Crippen LogP contribution >= 0.6 is 11.6 Å². The van der Waals surface area contributed by atoms with Gasteiger partial charge in [0.2, 0.25) is 5.89 Å². The summed E-state index contributed by atoms with van der Waals surface area (Å²) in [6.45, 7) is 4.33. The molecule has 0 spiro atoms. The summed E-state index contributed by atoms with van der Waals surface area (Å²) in [6, 6.07) is 7.60. The van der Waals surface area contributed by atoms with E-state index < -0.39 is 5.41 Å². The van der Waals surface area contributed by atoms with Crippen molar-refractivity contribution in [3.63, 3.8) is 0 Å². The van der Waals surface area contributed by atoms with Crippen molar-refractivity contribution < 1.29 is 9.32 Å². The van der Waals surface area contributed by atoms with E-state index in [4.69, 9.17) is 16.1 Å². The Kier molecular flexibility index (Phi) is 3.17. The Morgan fingerprint density at radius 1 is 1.30 bits per heavy atom. The predicted molar refractivity (Wildman–Crippen MR) is 86.4 cm³/mol. The van der Waals surface area contributed by atoms with Crippen LogP contribution in [-0.2, 0) is 16.6 Å². The minimum atomic E-state index is -0.580. The minimum Gasteiger partial charge on any atom is -0.338 e. The van der Waals surface area contributed by atoms with Gasteiger partial charge in [0.05, 0.1) is 0 Å². The molecule has 2 atom stereocenters. The molecule has 2 aromatic rings. The number of halogens is 1. The van der Waals surface area contributed by atoms with Gasteiger partial charge in [-0.3, -0.25) is 4.79 Å². The fourth-order valence-corrected chi connectivity index (χ4v) is 4.59. The molecule has 1 aromatic heterocycles. The largest absolute Gasteiger partial charge is 0.338 e. The predicted octanol–water partition coefficient (Wildman–Crippen LogP) is 3.96. The van der Waals surface area contributed by atoms with Crippen molar-refractivity contribution in [2.75, 3.05) is 0 Å². The van der Waals surface area contributed by atoms with E-state index in [1.807, 2.05) is 24.3 Å². The van der Waals surface area contributed by atoms with E-state index in [0.29, 0.717) is 35.5 Å². The normalized spacial score (nSPS) is 28.5. The van der Waals surface area contributed by atoms with Crippen molar-refractivity contribution >= 4 is 17.4 Å². The van der Waals surface area contributed by atoms with Crippen molar-refractivity contribution in [3.8, 4) is 0 Å². The second-order valence-electron chi connectivity index (χ2n) is 7.31. The molecule has 4 nitrogen and oxygen atoms in total. The van der Waals surface area contributed by atoms with E-state index >= 15 is 0 Å². The van der Waals surface area contributed by atoms with E-state index in [-0.39, 0.29) is 11.2 Å². The monoisotopic (exact) mass is 330 g/mol.